The quantitative estimate of drug-likeness (QED) is 0.485. The van der Waals surface area contributed by atoms with Gasteiger partial charge in [0.2, 0.25) is 5.78 Å². The zero-order valence-electron chi connectivity index (χ0n) is 14.6. The van der Waals surface area contributed by atoms with Crippen LogP contribution in [0.4, 0.5) is 0 Å². The van der Waals surface area contributed by atoms with Crippen LogP contribution in [0, 0.1) is 0 Å². The van der Waals surface area contributed by atoms with E-state index >= 15 is 0 Å². The van der Waals surface area contributed by atoms with Crippen LogP contribution in [0.1, 0.15) is 50.6 Å². The predicted octanol–water partition coefficient (Wildman–Crippen LogP) is 4.20. The first kappa shape index (κ1) is 18.8. The Balaban J connectivity index is 2.12. The van der Waals surface area contributed by atoms with Crippen LogP contribution in [0.3, 0.4) is 0 Å². The van der Waals surface area contributed by atoms with Crippen LogP contribution in [0.5, 0.6) is 0 Å². The molecule has 138 valence electrons. The number of hydrogen-bond donors (Lipinski definition) is 1. The summed E-state index contributed by atoms with van der Waals surface area (Å²) < 4.78 is 7.46. The van der Waals surface area contributed by atoms with Gasteiger partial charge in [0.05, 0.1) is 28.4 Å². The van der Waals surface area contributed by atoms with Crippen molar-refractivity contribution in [2.24, 2.45) is 0 Å². The van der Waals surface area contributed by atoms with Crippen LogP contribution in [0.15, 0.2) is 53.1 Å². The fraction of sp³-hybridized carbons (Fsp3) is 0.150. The summed E-state index contributed by atoms with van der Waals surface area (Å²) in [5.74, 6) is -2.05. The number of benzene rings is 1. The maximum atomic E-state index is 12.9. The molecule has 0 atom stereocenters. The van der Waals surface area contributed by atoms with Gasteiger partial charge in [-0.3, -0.25) is 4.79 Å². The molecular formula is C20H16BrNO5. The van der Waals surface area contributed by atoms with E-state index in [1.807, 2.05) is 0 Å². The van der Waals surface area contributed by atoms with E-state index in [1.54, 1.807) is 38.1 Å². The molecule has 0 amide bonds. The number of aromatic carboxylic acids is 1. The molecule has 2 heterocycles. The molecule has 1 N–H and O–H groups in total. The first-order valence-electron chi connectivity index (χ1n) is 8.17. The fourth-order valence-electron chi connectivity index (χ4n) is 2.70. The highest BCUT2D eigenvalue weighted by Gasteiger charge is 2.22. The number of carbonyl (C=O) groups is 3. The number of hydrogen-bond acceptors (Lipinski definition) is 4. The van der Waals surface area contributed by atoms with E-state index in [1.165, 1.54) is 28.8 Å². The molecule has 0 aliphatic rings. The van der Waals surface area contributed by atoms with Crippen LogP contribution in [0.2, 0.25) is 0 Å². The average molecular weight is 430 g/mol. The largest absolute Gasteiger partial charge is 0.478 e. The molecule has 6 nitrogen and oxygen atoms in total. The molecule has 0 aliphatic carbocycles. The third-order valence-corrected chi connectivity index (χ3v) is 4.45. The van der Waals surface area contributed by atoms with Crippen LogP contribution >= 0.6 is 15.9 Å². The highest BCUT2D eigenvalue weighted by molar-refractivity contribution is 9.10. The minimum absolute atomic E-state index is 0.0605. The Kier molecular flexibility index (Phi) is 5.14. The standard InChI is InChI=1S/C20H16BrNO5/c1-11(2)27-20(26)13-7-8-22-16(9-13)15(19(24)25)10-17(22)18(23)12-3-5-14(21)6-4-12/h3-11H,1-2H3,(H,24,25). The number of carboxylic acid groups (broad SMARTS) is 1. The van der Waals surface area contributed by atoms with Gasteiger partial charge < -0.3 is 14.2 Å². The molecule has 27 heavy (non-hydrogen) atoms. The predicted molar refractivity (Wildman–Crippen MR) is 102 cm³/mol. The molecule has 0 saturated heterocycles. The summed E-state index contributed by atoms with van der Waals surface area (Å²) in [5.41, 5.74) is 1.04. The molecule has 3 aromatic rings. The van der Waals surface area contributed by atoms with Gasteiger partial charge >= 0.3 is 11.9 Å². The van der Waals surface area contributed by atoms with E-state index in [0.29, 0.717) is 5.56 Å². The molecule has 0 radical (unpaired) electrons. The maximum absolute atomic E-state index is 12.9. The third kappa shape index (κ3) is 3.78. The third-order valence-electron chi connectivity index (χ3n) is 3.92. The molecule has 0 saturated carbocycles. The first-order chi connectivity index (χ1) is 12.8. The van der Waals surface area contributed by atoms with E-state index < -0.39 is 11.9 Å². The van der Waals surface area contributed by atoms with E-state index in [4.69, 9.17) is 4.74 Å². The van der Waals surface area contributed by atoms with Crippen molar-refractivity contribution >= 4 is 39.2 Å². The van der Waals surface area contributed by atoms with E-state index in [-0.39, 0.29) is 34.2 Å². The Bertz CT molecular complexity index is 1050. The highest BCUT2D eigenvalue weighted by atomic mass is 79.9. The summed E-state index contributed by atoms with van der Waals surface area (Å²) in [6.45, 7) is 3.46. The van der Waals surface area contributed by atoms with Crippen molar-refractivity contribution in [1.82, 2.24) is 4.40 Å². The van der Waals surface area contributed by atoms with Gasteiger partial charge in [-0.25, -0.2) is 9.59 Å². The molecule has 0 aliphatic heterocycles. The van der Waals surface area contributed by atoms with E-state index in [2.05, 4.69) is 15.9 Å². The summed E-state index contributed by atoms with van der Waals surface area (Å²) in [5, 5.41) is 9.51. The second kappa shape index (κ2) is 7.36. The minimum Gasteiger partial charge on any atom is -0.478 e. The normalized spacial score (nSPS) is 11.0. The number of rotatable bonds is 5. The summed E-state index contributed by atoms with van der Waals surface area (Å²) in [6.07, 6.45) is 1.21. The van der Waals surface area contributed by atoms with E-state index in [9.17, 15) is 19.5 Å². The van der Waals surface area contributed by atoms with Crippen LogP contribution in [0.25, 0.3) is 5.52 Å². The Morgan fingerprint density at radius 1 is 1.04 bits per heavy atom. The maximum Gasteiger partial charge on any atom is 0.338 e. The Hall–Kier alpha value is -2.93. The van der Waals surface area contributed by atoms with Gasteiger partial charge in [0.15, 0.2) is 0 Å². The zero-order chi connectivity index (χ0) is 19.7. The minimum atomic E-state index is -1.18. The Morgan fingerprint density at radius 2 is 1.70 bits per heavy atom. The molecule has 2 aromatic heterocycles. The second-order valence-corrected chi connectivity index (χ2v) is 7.12. The zero-order valence-corrected chi connectivity index (χ0v) is 16.2. The lowest BCUT2D eigenvalue weighted by molar-refractivity contribution is 0.0377. The molecular weight excluding hydrogens is 414 g/mol. The number of carboxylic acids is 1. The number of ether oxygens (including phenoxy) is 1. The highest BCUT2D eigenvalue weighted by Crippen LogP contribution is 2.23. The summed E-state index contributed by atoms with van der Waals surface area (Å²) in [7, 11) is 0. The van der Waals surface area contributed by atoms with Gasteiger partial charge in [-0.2, -0.15) is 0 Å². The lowest BCUT2D eigenvalue weighted by Gasteiger charge is -2.09. The monoisotopic (exact) mass is 429 g/mol. The molecule has 7 heteroatoms. The summed E-state index contributed by atoms with van der Waals surface area (Å²) in [4.78, 5) is 36.6. The molecule has 0 spiro atoms. The smallest absolute Gasteiger partial charge is 0.338 e. The summed E-state index contributed by atoms with van der Waals surface area (Å²) >= 11 is 3.31. The number of carbonyl (C=O) groups excluding carboxylic acids is 2. The van der Waals surface area contributed by atoms with Crippen molar-refractivity contribution < 1.29 is 24.2 Å². The van der Waals surface area contributed by atoms with Gasteiger partial charge in [-0.1, -0.05) is 15.9 Å². The lowest BCUT2D eigenvalue weighted by Crippen LogP contribution is -2.12. The SMILES string of the molecule is CC(C)OC(=O)c1ccn2c(C(=O)c3ccc(Br)cc3)cc(C(=O)O)c2c1. The van der Waals surface area contributed by atoms with E-state index in [0.717, 1.165) is 4.47 Å². The topological polar surface area (TPSA) is 85.1 Å². The van der Waals surface area contributed by atoms with Crippen LogP contribution in [-0.2, 0) is 4.74 Å². The molecule has 0 fully saturated rings. The molecule has 3 rings (SSSR count). The first-order valence-corrected chi connectivity index (χ1v) is 8.97. The lowest BCUT2D eigenvalue weighted by atomic mass is 10.1. The van der Waals surface area contributed by atoms with Crippen molar-refractivity contribution in [3.05, 3.63) is 75.5 Å². The number of fused-ring (bicyclic) bond motifs is 1. The number of pyridine rings is 1. The van der Waals surface area contributed by atoms with Crippen LogP contribution < -0.4 is 0 Å². The number of esters is 1. The van der Waals surface area contributed by atoms with Gasteiger partial charge in [0.25, 0.3) is 0 Å². The fourth-order valence-corrected chi connectivity index (χ4v) is 2.97. The van der Waals surface area contributed by atoms with Crippen LogP contribution in [-0.4, -0.2) is 33.3 Å². The van der Waals surface area contributed by atoms with Gasteiger partial charge in [-0.05, 0) is 56.3 Å². The Morgan fingerprint density at radius 3 is 2.30 bits per heavy atom. The molecule has 0 bridgehead atoms. The Labute approximate surface area is 163 Å². The number of halogens is 1. The number of ketones is 1. The van der Waals surface area contributed by atoms with Gasteiger partial charge in [0.1, 0.15) is 0 Å². The number of aromatic nitrogens is 1. The van der Waals surface area contributed by atoms with Gasteiger partial charge in [0, 0.05) is 16.2 Å². The second-order valence-electron chi connectivity index (χ2n) is 6.21. The molecule has 0 unspecified atom stereocenters. The molecule has 1 aromatic carbocycles. The van der Waals surface area contributed by atoms with Crippen molar-refractivity contribution in [2.75, 3.05) is 0 Å². The number of nitrogens with zero attached hydrogens (tertiary/aromatic N) is 1. The average Bonchev–Trinajstić information content (AvgIpc) is 3.00. The van der Waals surface area contributed by atoms with Gasteiger partial charge in [-0.15, -0.1) is 0 Å². The van der Waals surface area contributed by atoms with Crippen molar-refractivity contribution in [1.29, 1.82) is 0 Å². The van der Waals surface area contributed by atoms with Crippen molar-refractivity contribution in [2.45, 2.75) is 20.0 Å². The summed E-state index contributed by atoms with van der Waals surface area (Å²) in [6, 6.07) is 11.0. The van der Waals surface area contributed by atoms with Crippen molar-refractivity contribution in [3.63, 3.8) is 0 Å². The van der Waals surface area contributed by atoms with Crippen molar-refractivity contribution in [3.8, 4) is 0 Å².